The highest BCUT2D eigenvalue weighted by Gasteiger charge is 2.14. The van der Waals surface area contributed by atoms with Gasteiger partial charge in [0.15, 0.2) is 5.11 Å². The predicted molar refractivity (Wildman–Crippen MR) is 138 cm³/mol. The number of anilines is 1. The minimum Gasteiger partial charge on any atom is -0.331 e. The fraction of sp³-hybridized carbons (Fsp3) is 0.167. The van der Waals surface area contributed by atoms with E-state index in [1.807, 2.05) is 12.1 Å². The number of hydrogen-bond acceptors (Lipinski definition) is 4. The third kappa shape index (κ3) is 5.50. The van der Waals surface area contributed by atoms with Crippen molar-refractivity contribution in [3.63, 3.8) is 0 Å². The molecule has 9 heteroatoms. The number of nitrogens with zero attached hydrogens (tertiary/aromatic N) is 3. The van der Waals surface area contributed by atoms with Gasteiger partial charge in [-0.25, -0.2) is 0 Å². The third-order valence-corrected chi connectivity index (χ3v) is 5.90. The maximum Gasteiger partial charge on any atom is 0.258 e. The molecular formula is C24H21Cl2N5OS. The molecule has 3 aromatic carbocycles. The minimum absolute atomic E-state index is 0.0937. The van der Waals surface area contributed by atoms with Gasteiger partial charge in [0, 0.05) is 0 Å². The Bertz CT molecular complexity index is 1320. The molecule has 0 aliphatic heterocycles. The van der Waals surface area contributed by atoms with Crippen LogP contribution in [0.2, 0.25) is 10.0 Å². The van der Waals surface area contributed by atoms with Crippen molar-refractivity contribution >= 4 is 63.2 Å². The van der Waals surface area contributed by atoms with Crippen LogP contribution in [0.3, 0.4) is 0 Å². The molecule has 1 heterocycles. The second-order valence-corrected chi connectivity index (χ2v) is 8.69. The highest BCUT2D eigenvalue weighted by molar-refractivity contribution is 7.80. The second kappa shape index (κ2) is 10.3. The highest BCUT2D eigenvalue weighted by Crippen LogP contribution is 2.27. The Balaban J connectivity index is 1.50. The quantitative estimate of drug-likeness (QED) is 0.310. The topological polar surface area (TPSA) is 71.8 Å². The standard InChI is InChI=1S/C24H21Cl2N5OS/c1-2-3-6-15-9-11-16(12-10-15)31-29-21-13-19(26)20(14-22(21)30-31)27-24(33)28-23(32)17-7-4-5-8-18(17)25/h4-5,7-14H,2-3,6H2,1H3,(H2,27,28,32,33). The number of halogens is 2. The van der Waals surface area contributed by atoms with Crippen molar-refractivity contribution < 1.29 is 4.79 Å². The summed E-state index contributed by atoms with van der Waals surface area (Å²) in [5.74, 6) is -0.413. The first-order chi connectivity index (χ1) is 15.9. The van der Waals surface area contributed by atoms with Crippen LogP contribution < -0.4 is 10.6 Å². The zero-order valence-electron chi connectivity index (χ0n) is 17.8. The van der Waals surface area contributed by atoms with E-state index < -0.39 is 5.91 Å². The first kappa shape index (κ1) is 23.2. The fourth-order valence-electron chi connectivity index (χ4n) is 3.30. The van der Waals surface area contributed by atoms with Crippen LogP contribution in [0.5, 0.6) is 0 Å². The molecule has 4 rings (SSSR count). The fourth-order valence-corrected chi connectivity index (χ4v) is 3.92. The molecule has 1 aromatic heterocycles. The van der Waals surface area contributed by atoms with Crippen LogP contribution in [0.25, 0.3) is 16.7 Å². The normalized spacial score (nSPS) is 10.9. The average molecular weight is 498 g/mol. The summed E-state index contributed by atoms with van der Waals surface area (Å²) in [6.45, 7) is 2.18. The Morgan fingerprint density at radius 2 is 1.70 bits per heavy atom. The van der Waals surface area contributed by atoms with E-state index in [1.165, 1.54) is 5.56 Å². The molecule has 0 aliphatic rings. The van der Waals surface area contributed by atoms with Gasteiger partial charge in [-0.15, -0.1) is 10.2 Å². The van der Waals surface area contributed by atoms with Gasteiger partial charge in [-0.3, -0.25) is 10.1 Å². The number of benzene rings is 3. The van der Waals surface area contributed by atoms with Crippen LogP contribution in [0.15, 0.2) is 60.7 Å². The first-order valence-electron chi connectivity index (χ1n) is 10.5. The molecule has 0 bridgehead atoms. The van der Waals surface area contributed by atoms with Crippen LogP contribution in [0, 0.1) is 0 Å². The number of carbonyl (C=O) groups is 1. The molecule has 0 saturated carbocycles. The van der Waals surface area contributed by atoms with E-state index in [2.05, 4.69) is 39.9 Å². The molecule has 0 radical (unpaired) electrons. The van der Waals surface area contributed by atoms with Crippen molar-refractivity contribution in [2.24, 2.45) is 0 Å². The van der Waals surface area contributed by atoms with Gasteiger partial charge in [-0.05, 0) is 67.0 Å². The molecule has 0 spiro atoms. The number of rotatable bonds is 6. The molecule has 0 saturated heterocycles. The smallest absolute Gasteiger partial charge is 0.258 e. The van der Waals surface area contributed by atoms with Crippen molar-refractivity contribution in [2.45, 2.75) is 26.2 Å². The summed E-state index contributed by atoms with van der Waals surface area (Å²) in [5.41, 5.74) is 4.27. The van der Waals surface area contributed by atoms with Crippen molar-refractivity contribution in [3.05, 3.63) is 81.8 Å². The number of amides is 1. The summed E-state index contributed by atoms with van der Waals surface area (Å²) in [6.07, 6.45) is 3.39. The molecule has 1 amide bonds. The Morgan fingerprint density at radius 1 is 1.00 bits per heavy atom. The lowest BCUT2D eigenvalue weighted by Crippen LogP contribution is -2.34. The van der Waals surface area contributed by atoms with Crippen molar-refractivity contribution in [1.29, 1.82) is 0 Å². The lowest BCUT2D eigenvalue weighted by atomic mass is 10.1. The van der Waals surface area contributed by atoms with Crippen molar-refractivity contribution in [2.75, 3.05) is 5.32 Å². The molecule has 0 atom stereocenters. The number of unbranched alkanes of at least 4 members (excludes halogenated alkanes) is 1. The maximum atomic E-state index is 12.4. The maximum absolute atomic E-state index is 12.4. The van der Waals surface area contributed by atoms with Gasteiger partial charge < -0.3 is 5.32 Å². The Morgan fingerprint density at radius 3 is 2.39 bits per heavy atom. The van der Waals surface area contributed by atoms with Gasteiger partial charge in [0.05, 0.1) is 27.0 Å². The van der Waals surface area contributed by atoms with E-state index in [9.17, 15) is 4.79 Å². The number of thiocarbonyl (C=S) groups is 1. The highest BCUT2D eigenvalue weighted by atomic mass is 35.5. The van der Waals surface area contributed by atoms with E-state index in [4.69, 9.17) is 35.4 Å². The van der Waals surface area contributed by atoms with Gasteiger partial charge >= 0.3 is 0 Å². The van der Waals surface area contributed by atoms with Crippen LogP contribution in [-0.2, 0) is 6.42 Å². The Hall–Kier alpha value is -3.00. The number of fused-ring (bicyclic) bond motifs is 1. The molecule has 0 unspecified atom stereocenters. The Labute approximate surface area is 206 Å². The monoisotopic (exact) mass is 497 g/mol. The number of carbonyl (C=O) groups excluding carboxylic acids is 1. The van der Waals surface area contributed by atoms with Gasteiger partial charge in [0.2, 0.25) is 0 Å². The van der Waals surface area contributed by atoms with E-state index >= 15 is 0 Å². The largest absolute Gasteiger partial charge is 0.331 e. The van der Waals surface area contributed by atoms with Gasteiger partial charge in [0.1, 0.15) is 11.0 Å². The van der Waals surface area contributed by atoms with Crippen molar-refractivity contribution in [3.8, 4) is 5.69 Å². The molecule has 6 nitrogen and oxygen atoms in total. The SMILES string of the molecule is CCCCc1ccc(-n2nc3cc(Cl)c(NC(=S)NC(=O)c4ccccc4Cl)cc3n2)cc1. The molecule has 2 N–H and O–H groups in total. The van der Waals surface area contributed by atoms with E-state index in [1.54, 1.807) is 41.2 Å². The molecule has 0 aliphatic carbocycles. The summed E-state index contributed by atoms with van der Waals surface area (Å²) < 4.78 is 0. The second-order valence-electron chi connectivity index (χ2n) is 7.47. The number of nitrogens with one attached hydrogen (secondary N) is 2. The minimum atomic E-state index is -0.413. The van der Waals surface area contributed by atoms with Gasteiger partial charge in [-0.2, -0.15) is 4.80 Å². The summed E-state index contributed by atoms with van der Waals surface area (Å²) in [4.78, 5) is 14.0. The molecular weight excluding hydrogens is 477 g/mol. The van der Waals surface area contributed by atoms with E-state index in [0.717, 1.165) is 24.9 Å². The third-order valence-electron chi connectivity index (χ3n) is 5.05. The first-order valence-corrected chi connectivity index (χ1v) is 11.6. The van der Waals surface area contributed by atoms with Gasteiger partial charge in [0.25, 0.3) is 5.91 Å². The summed E-state index contributed by atoms with van der Waals surface area (Å²) in [5, 5.41) is 15.5. The van der Waals surface area contributed by atoms with Crippen LogP contribution >= 0.6 is 35.4 Å². The number of aromatic nitrogens is 3. The van der Waals surface area contributed by atoms with Crippen LogP contribution in [-0.4, -0.2) is 26.0 Å². The lowest BCUT2D eigenvalue weighted by Gasteiger charge is -2.11. The van der Waals surface area contributed by atoms with Crippen molar-refractivity contribution in [1.82, 2.24) is 20.3 Å². The van der Waals surface area contributed by atoms with Gasteiger partial charge in [-0.1, -0.05) is 60.8 Å². The van der Waals surface area contributed by atoms with E-state index in [0.29, 0.717) is 32.3 Å². The lowest BCUT2D eigenvalue weighted by molar-refractivity contribution is 0.0978. The molecule has 33 heavy (non-hydrogen) atoms. The van der Waals surface area contributed by atoms with E-state index in [-0.39, 0.29) is 5.11 Å². The van der Waals surface area contributed by atoms with Crippen LogP contribution in [0.1, 0.15) is 35.7 Å². The van der Waals surface area contributed by atoms with Crippen LogP contribution in [0.4, 0.5) is 5.69 Å². The predicted octanol–water partition coefficient (Wildman–Crippen LogP) is 6.20. The zero-order valence-corrected chi connectivity index (χ0v) is 20.1. The summed E-state index contributed by atoms with van der Waals surface area (Å²) in [6, 6.07) is 18.4. The number of hydrogen-bond donors (Lipinski definition) is 2. The summed E-state index contributed by atoms with van der Waals surface area (Å²) in [7, 11) is 0. The molecule has 4 aromatic rings. The Kier molecular flexibility index (Phi) is 7.23. The summed E-state index contributed by atoms with van der Waals surface area (Å²) >= 11 is 17.8. The number of aryl methyl sites for hydroxylation is 1. The molecule has 0 fully saturated rings. The average Bonchev–Trinajstić information content (AvgIpc) is 3.21. The zero-order chi connectivity index (χ0) is 23.4. The molecule has 168 valence electrons.